The predicted octanol–water partition coefficient (Wildman–Crippen LogP) is 3.76. The van der Waals surface area contributed by atoms with E-state index >= 15 is 0 Å². The molecule has 0 fully saturated rings. The van der Waals surface area contributed by atoms with Gasteiger partial charge in [-0.3, -0.25) is 0 Å². The van der Waals surface area contributed by atoms with E-state index in [1.807, 2.05) is 55.5 Å². The van der Waals surface area contributed by atoms with E-state index in [-0.39, 0.29) is 6.03 Å². The van der Waals surface area contributed by atoms with Gasteiger partial charge in [0.05, 0.1) is 5.69 Å². The molecule has 2 aromatic carbocycles. The number of carbonyl (C=O) groups excluding carboxylic acids is 1. The summed E-state index contributed by atoms with van der Waals surface area (Å²) in [7, 11) is 3.46. The molecule has 0 atom stereocenters. The zero-order valence-corrected chi connectivity index (χ0v) is 11.5. The molecule has 1 N–H and O–H groups in total. The average Bonchev–Trinajstić information content (AvgIpc) is 2.39. The molecular weight excluding hydrogens is 236 g/mol. The summed E-state index contributed by atoms with van der Waals surface area (Å²) in [5.41, 5.74) is 4.08. The molecule has 0 unspecified atom stereocenters. The number of hydrogen-bond acceptors (Lipinski definition) is 1. The Balaban J connectivity index is 2.42. The lowest BCUT2D eigenvalue weighted by Gasteiger charge is -2.16. The van der Waals surface area contributed by atoms with Gasteiger partial charge in [-0.1, -0.05) is 42.5 Å². The van der Waals surface area contributed by atoms with E-state index in [0.717, 1.165) is 22.4 Å². The first-order valence-electron chi connectivity index (χ1n) is 6.22. The number of nitrogens with zero attached hydrogens (tertiary/aromatic N) is 1. The first kappa shape index (κ1) is 13.1. The molecule has 0 bridgehead atoms. The minimum Gasteiger partial charge on any atom is -0.331 e. The summed E-state index contributed by atoms with van der Waals surface area (Å²) < 4.78 is 0. The van der Waals surface area contributed by atoms with Gasteiger partial charge in [-0.15, -0.1) is 0 Å². The Bertz CT molecular complexity index is 577. The molecule has 2 rings (SSSR count). The molecule has 0 aliphatic heterocycles. The minimum absolute atomic E-state index is 0.122. The maximum Gasteiger partial charge on any atom is 0.321 e. The Morgan fingerprint density at radius 1 is 1.05 bits per heavy atom. The monoisotopic (exact) mass is 254 g/mol. The van der Waals surface area contributed by atoms with E-state index in [0.29, 0.717) is 0 Å². The first-order valence-corrected chi connectivity index (χ1v) is 6.22. The fourth-order valence-electron chi connectivity index (χ4n) is 1.86. The van der Waals surface area contributed by atoms with E-state index in [1.165, 1.54) is 4.90 Å². The number of benzene rings is 2. The van der Waals surface area contributed by atoms with Gasteiger partial charge in [0.15, 0.2) is 0 Å². The fraction of sp³-hybridized carbons (Fsp3) is 0.188. The lowest BCUT2D eigenvalue weighted by Crippen LogP contribution is -2.27. The number of amides is 2. The predicted molar refractivity (Wildman–Crippen MR) is 79.3 cm³/mol. The highest BCUT2D eigenvalue weighted by molar-refractivity contribution is 5.94. The van der Waals surface area contributed by atoms with E-state index in [4.69, 9.17) is 0 Å². The topological polar surface area (TPSA) is 32.3 Å². The zero-order valence-electron chi connectivity index (χ0n) is 11.5. The fourth-order valence-corrected chi connectivity index (χ4v) is 1.86. The number of nitrogens with one attached hydrogen (secondary N) is 1. The third-order valence-corrected chi connectivity index (χ3v) is 2.91. The highest BCUT2D eigenvalue weighted by atomic mass is 16.2. The Morgan fingerprint density at radius 2 is 1.74 bits per heavy atom. The molecule has 0 heterocycles. The van der Waals surface area contributed by atoms with E-state index in [1.54, 1.807) is 14.1 Å². The molecule has 0 saturated heterocycles. The summed E-state index contributed by atoms with van der Waals surface area (Å²) in [6.07, 6.45) is 0. The van der Waals surface area contributed by atoms with Crippen LogP contribution in [0, 0.1) is 6.92 Å². The second kappa shape index (κ2) is 5.57. The largest absolute Gasteiger partial charge is 0.331 e. The van der Waals surface area contributed by atoms with Crippen LogP contribution in [0.4, 0.5) is 10.5 Å². The lowest BCUT2D eigenvalue weighted by atomic mass is 10.0. The van der Waals surface area contributed by atoms with Crippen LogP contribution in [0.25, 0.3) is 11.1 Å². The van der Waals surface area contributed by atoms with Crippen molar-refractivity contribution in [2.75, 3.05) is 19.4 Å². The van der Waals surface area contributed by atoms with Crippen LogP contribution in [0.3, 0.4) is 0 Å². The van der Waals surface area contributed by atoms with Crippen LogP contribution in [0.5, 0.6) is 0 Å². The molecule has 98 valence electrons. The molecule has 0 aliphatic carbocycles. The third-order valence-electron chi connectivity index (χ3n) is 2.91. The van der Waals surface area contributed by atoms with Gasteiger partial charge in [-0.2, -0.15) is 0 Å². The number of urea groups is 1. The molecule has 0 aromatic heterocycles. The van der Waals surface area contributed by atoms with Crippen molar-refractivity contribution >= 4 is 11.7 Å². The summed E-state index contributed by atoms with van der Waals surface area (Å²) in [5, 5.41) is 2.94. The van der Waals surface area contributed by atoms with Gasteiger partial charge < -0.3 is 10.2 Å². The van der Waals surface area contributed by atoms with Crippen LogP contribution in [0.15, 0.2) is 48.5 Å². The van der Waals surface area contributed by atoms with Crippen LogP contribution in [-0.2, 0) is 0 Å². The van der Waals surface area contributed by atoms with Crippen LogP contribution < -0.4 is 5.32 Å². The quantitative estimate of drug-likeness (QED) is 0.869. The lowest BCUT2D eigenvalue weighted by molar-refractivity contribution is 0.230. The van der Waals surface area contributed by atoms with E-state index < -0.39 is 0 Å². The summed E-state index contributed by atoms with van der Waals surface area (Å²) in [6.45, 7) is 2.01. The molecular formula is C16H18N2O. The molecule has 0 saturated carbocycles. The highest BCUT2D eigenvalue weighted by Gasteiger charge is 2.09. The van der Waals surface area contributed by atoms with Crippen molar-refractivity contribution < 1.29 is 4.79 Å². The second-order valence-electron chi connectivity index (χ2n) is 4.74. The standard InChI is InChI=1S/C16H18N2O/c1-12-9-10-14(13-7-5-4-6-8-13)15(11-12)17-16(19)18(2)3/h4-11H,1-3H3,(H,17,19). The Labute approximate surface area is 113 Å². The van der Waals surface area contributed by atoms with Crippen molar-refractivity contribution in [1.29, 1.82) is 0 Å². The number of anilines is 1. The van der Waals surface area contributed by atoms with E-state index in [9.17, 15) is 4.79 Å². The number of rotatable bonds is 2. The summed E-state index contributed by atoms with van der Waals surface area (Å²) in [5.74, 6) is 0. The van der Waals surface area contributed by atoms with Crippen LogP contribution in [0.2, 0.25) is 0 Å². The normalized spacial score (nSPS) is 10.1. The highest BCUT2D eigenvalue weighted by Crippen LogP contribution is 2.28. The van der Waals surface area contributed by atoms with Crippen molar-refractivity contribution in [3.8, 4) is 11.1 Å². The summed E-state index contributed by atoms with van der Waals surface area (Å²) >= 11 is 0. The molecule has 2 amide bonds. The van der Waals surface area contributed by atoms with Crippen LogP contribution in [-0.4, -0.2) is 25.0 Å². The van der Waals surface area contributed by atoms with Crippen LogP contribution >= 0.6 is 0 Å². The number of aryl methyl sites for hydroxylation is 1. The second-order valence-corrected chi connectivity index (χ2v) is 4.74. The molecule has 0 radical (unpaired) electrons. The van der Waals surface area contributed by atoms with Crippen LogP contribution in [0.1, 0.15) is 5.56 Å². The van der Waals surface area contributed by atoms with Gasteiger partial charge in [-0.05, 0) is 24.1 Å². The van der Waals surface area contributed by atoms with Gasteiger partial charge in [0.2, 0.25) is 0 Å². The smallest absolute Gasteiger partial charge is 0.321 e. The summed E-state index contributed by atoms with van der Waals surface area (Å²) in [6, 6.07) is 16.0. The average molecular weight is 254 g/mol. The molecule has 0 aliphatic rings. The molecule has 3 nitrogen and oxygen atoms in total. The van der Waals surface area contributed by atoms with Crippen molar-refractivity contribution in [2.45, 2.75) is 6.92 Å². The summed E-state index contributed by atoms with van der Waals surface area (Å²) in [4.78, 5) is 13.3. The Morgan fingerprint density at radius 3 is 2.37 bits per heavy atom. The van der Waals surface area contributed by atoms with Gasteiger partial charge >= 0.3 is 6.03 Å². The number of carbonyl (C=O) groups is 1. The minimum atomic E-state index is -0.122. The Hall–Kier alpha value is -2.29. The van der Waals surface area contributed by atoms with Crippen molar-refractivity contribution in [1.82, 2.24) is 4.90 Å². The maximum absolute atomic E-state index is 11.8. The molecule has 3 heteroatoms. The third kappa shape index (κ3) is 3.13. The van der Waals surface area contributed by atoms with Gasteiger partial charge in [-0.25, -0.2) is 4.79 Å². The van der Waals surface area contributed by atoms with Crippen molar-refractivity contribution in [2.24, 2.45) is 0 Å². The SMILES string of the molecule is Cc1ccc(-c2ccccc2)c(NC(=O)N(C)C)c1. The molecule has 0 spiro atoms. The number of hydrogen-bond donors (Lipinski definition) is 1. The van der Waals surface area contributed by atoms with Gasteiger partial charge in [0, 0.05) is 19.7 Å². The van der Waals surface area contributed by atoms with Crippen molar-refractivity contribution in [3.63, 3.8) is 0 Å². The Kier molecular flexibility index (Phi) is 3.85. The van der Waals surface area contributed by atoms with Gasteiger partial charge in [0.25, 0.3) is 0 Å². The van der Waals surface area contributed by atoms with E-state index in [2.05, 4.69) is 5.32 Å². The maximum atomic E-state index is 11.8. The molecule has 19 heavy (non-hydrogen) atoms. The zero-order chi connectivity index (χ0) is 13.8. The van der Waals surface area contributed by atoms with Crippen molar-refractivity contribution in [3.05, 3.63) is 54.1 Å². The van der Waals surface area contributed by atoms with Gasteiger partial charge in [0.1, 0.15) is 0 Å². The molecule has 2 aromatic rings. The first-order chi connectivity index (χ1) is 9.08.